The van der Waals surface area contributed by atoms with Crippen LogP contribution in [0.2, 0.25) is 5.02 Å². The number of carbonyl (C=O) groups excluding carboxylic acids is 1. The number of phenolic OH excluding ortho intramolecular Hbond substituents is 1. The van der Waals surface area contributed by atoms with Gasteiger partial charge in [-0.05, 0) is 31.2 Å². The Kier molecular flexibility index (Phi) is 6.39. The molecule has 1 heterocycles. The predicted octanol–water partition coefficient (Wildman–Crippen LogP) is 4.23. The van der Waals surface area contributed by atoms with Crippen molar-refractivity contribution in [3.8, 4) is 11.5 Å². The second-order valence-corrected chi connectivity index (χ2v) is 7.01. The lowest BCUT2D eigenvalue weighted by Crippen LogP contribution is -2.31. The van der Waals surface area contributed by atoms with Crippen LogP contribution in [0.15, 0.2) is 36.4 Å². The number of nitrogens with one attached hydrogen (secondary N) is 1. The Morgan fingerprint density at radius 3 is 2.82 bits per heavy atom. The van der Waals surface area contributed by atoms with Crippen LogP contribution in [0.1, 0.15) is 30.6 Å². The van der Waals surface area contributed by atoms with E-state index >= 15 is 0 Å². The zero-order valence-corrected chi connectivity index (χ0v) is 17.0. The van der Waals surface area contributed by atoms with E-state index in [-0.39, 0.29) is 24.5 Å². The van der Waals surface area contributed by atoms with Crippen molar-refractivity contribution >= 4 is 40.5 Å². The van der Waals surface area contributed by atoms with E-state index in [9.17, 15) is 9.90 Å². The monoisotopic (exact) mass is 421 g/mol. The summed E-state index contributed by atoms with van der Waals surface area (Å²) in [5, 5.41) is 13.9. The Balaban J connectivity index is 2.09. The molecule has 0 unspecified atom stereocenters. The molecule has 1 aliphatic heterocycles. The first-order valence-electron chi connectivity index (χ1n) is 8.71. The highest BCUT2D eigenvalue weighted by Gasteiger charge is 2.33. The molecule has 0 fully saturated rings. The molecule has 6 nitrogen and oxygen atoms in total. The van der Waals surface area contributed by atoms with E-state index in [1.807, 2.05) is 0 Å². The molecule has 0 aromatic heterocycles. The van der Waals surface area contributed by atoms with E-state index < -0.39 is 18.2 Å². The lowest BCUT2D eigenvalue weighted by Gasteiger charge is -2.24. The first-order valence-corrected chi connectivity index (χ1v) is 9.50. The zero-order chi connectivity index (χ0) is 20.3. The third-order valence-electron chi connectivity index (χ3n) is 4.32. The molecule has 148 valence electrons. The average Bonchev–Trinajstić information content (AvgIpc) is 2.78. The van der Waals surface area contributed by atoms with Crippen LogP contribution in [0.3, 0.4) is 0 Å². The Morgan fingerprint density at radius 1 is 1.32 bits per heavy atom. The number of rotatable bonds is 5. The molecule has 0 spiro atoms. The topological polar surface area (TPSA) is 77.0 Å². The first kappa shape index (κ1) is 20.4. The maximum absolute atomic E-state index is 12.0. The summed E-state index contributed by atoms with van der Waals surface area (Å²) >= 11 is 11.7. The average molecular weight is 422 g/mol. The fraction of sp³-hybridized carbons (Fsp3) is 0.300. The van der Waals surface area contributed by atoms with E-state index in [1.54, 1.807) is 37.3 Å². The van der Waals surface area contributed by atoms with Crippen LogP contribution >= 0.6 is 23.8 Å². The third kappa shape index (κ3) is 4.22. The second kappa shape index (κ2) is 8.77. The van der Waals surface area contributed by atoms with Crippen molar-refractivity contribution in [2.24, 2.45) is 0 Å². The highest BCUT2D eigenvalue weighted by molar-refractivity contribution is 7.80. The van der Waals surface area contributed by atoms with Gasteiger partial charge in [-0.15, -0.1) is 0 Å². The number of hydrogen-bond acceptors (Lipinski definition) is 6. The number of aromatic hydroxyl groups is 1. The van der Waals surface area contributed by atoms with Crippen LogP contribution in [0, 0.1) is 0 Å². The molecule has 0 radical (unpaired) electrons. The van der Waals surface area contributed by atoms with Gasteiger partial charge < -0.3 is 24.6 Å². The standard InChI is InChI=1S/C20H20ClNO5S/c1-3-26-17(24)10-16-20(28)22-14-8-7-11(21)9-13(14)18(27-16)12-5-4-6-15(23)19(12)25-2/h4-9,16,18,23H,3,10H2,1-2H3,(H,22,28)/t16-,18-/m1/s1. The molecule has 2 N–H and O–H groups in total. The number of para-hydroxylation sites is 1. The lowest BCUT2D eigenvalue weighted by atomic mass is 9.98. The predicted molar refractivity (Wildman–Crippen MR) is 110 cm³/mol. The molecule has 28 heavy (non-hydrogen) atoms. The number of carbonyl (C=O) groups is 1. The van der Waals surface area contributed by atoms with Crippen molar-refractivity contribution in [3.63, 3.8) is 0 Å². The molecule has 8 heteroatoms. The van der Waals surface area contributed by atoms with Crippen molar-refractivity contribution in [1.29, 1.82) is 0 Å². The van der Waals surface area contributed by atoms with E-state index in [1.165, 1.54) is 13.2 Å². The van der Waals surface area contributed by atoms with Gasteiger partial charge in [-0.2, -0.15) is 0 Å². The minimum Gasteiger partial charge on any atom is -0.504 e. The normalized spacial score (nSPS) is 18.6. The summed E-state index contributed by atoms with van der Waals surface area (Å²) in [7, 11) is 1.47. The van der Waals surface area contributed by atoms with Gasteiger partial charge in [-0.25, -0.2) is 0 Å². The molecule has 0 amide bonds. The fourth-order valence-corrected chi connectivity index (χ4v) is 3.53. The van der Waals surface area contributed by atoms with Crippen LogP contribution in [0.4, 0.5) is 5.69 Å². The van der Waals surface area contributed by atoms with Crippen LogP contribution in [0.25, 0.3) is 0 Å². The van der Waals surface area contributed by atoms with E-state index in [2.05, 4.69) is 5.32 Å². The lowest BCUT2D eigenvalue weighted by molar-refractivity contribution is -0.145. The molecule has 1 aliphatic rings. The minimum atomic E-state index is -0.725. The highest BCUT2D eigenvalue weighted by atomic mass is 35.5. The summed E-state index contributed by atoms with van der Waals surface area (Å²) in [6.45, 7) is 2.01. The largest absolute Gasteiger partial charge is 0.504 e. The van der Waals surface area contributed by atoms with Gasteiger partial charge in [0.2, 0.25) is 0 Å². The van der Waals surface area contributed by atoms with E-state index in [0.29, 0.717) is 26.8 Å². The number of methoxy groups -OCH3 is 1. The molecule has 0 aliphatic carbocycles. The van der Waals surface area contributed by atoms with Gasteiger partial charge in [0, 0.05) is 21.8 Å². The van der Waals surface area contributed by atoms with Gasteiger partial charge in [0.1, 0.15) is 17.2 Å². The fourth-order valence-electron chi connectivity index (χ4n) is 3.10. The summed E-state index contributed by atoms with van der Waals surface area (Å²) in [6.07, 6.45) is -1.45. The van der Waals surface area contributed by atoms with Gasteiger partial charge in [0.25, 0.3) is 0 Å². The van der Waals surface area contributed by atoms with Gasteiger partial charge in [-0.3, -0.25) is 4.79 Å². The number of benzene rings is 2. The number of hydrogen-bond donors (Lipinski definition) is 2. The van der Waals surface area contributed by atoms with Gasteiger partial charge in [0.05, 0.1) is 20.1 Å². The Bertz CT molecular complexity index is 904. The number of ether oxygens (including phenoxy) is 3. The molecular weight excluding hydrogens is 402 g/mol. The van der Waals surface area contributed by atoms with Crippen molar-refractivity contribution in [2.45, 2.75) is 25.6 Å². The molecule has 0 bridgehead atoms. The number of thiocarbonyl (C=S) groups is 1. The van der Waals surface area contributed by atoms with Crippen molar-refractivity contribution in [1.82, 2.24) is 0 Å². The summed E-state index contributed by atoms with van der Waals surface area (Å²) in [5.41, 5.74) is 2.01. The molecule has 2 atom stereocenters. The molecule has 2 aromatic carbocycles. The highest BCUT2D eigenvalue weighted by Crippen LogP contribution is 2.43. The van der Waals surface area contributed by atoms with E-state index in [4.69, 9.17) is 38.0 Å². The number of anilines is 1. The van der Waals surface area contributed by atoms with Crippen LogP contribution in [0.5, 0.6) is 11.5 Å². The van der Waals surface area contributed by atoms with Gasteiger partial charge >= 0.3 is 5.97 Å². The number of phenols is 1. The van der Waals surface area contributed by atoms with Crippen molar-refractivity contribution < 1.29 is 24.1 Å². The molecule has 0 saturated heterocycles. The van der Waals surface area contributed by atoms with Crippen LogP contribution in [-0.4, -0.2) is 35.9 Å². The Labute approximate surface area is 173 Å². The SMILES string of the molecule is CCOC(=O)C[C@H]1O[C@H](c2cccc(O)c2OC)c2cc(Cl)ccc2NC1=S. The Hall–Kier alpha value is -2.35. The summed E-state index contributed by atoms with van der Waals surface area (Å²) < 4.78 is 16.7. The third-order valence-corrected chi connectivity index (χ3v) is 4.92. The van der Waals surface area contributed by atoms with Gasteiger partial charge in [-0.1, -0.05) is 36.0 Å². The molecule has 2 aromatic rings. The quantitative estimate of drug-likeness (QED) is 0.552. The number of fused-ring (bicyclic) bond motifs is 1. The number of halogens is 1. The Morgan fingerprint density at radius 2 is 2.11 bits per heavy atom. The summed E-state index contributed by atoms with van der Waals surface area (Å²) in [5.74, 6) is -0.155. The number of esters is 1. The summed E-state index contributed by atoms with van der Waals surface area (Å²) in [6, 6.07) is 10.3. The van der Waals surface area contributed by atoms with Crippen molar-refractivity contribution in [3.05, 3.63) is 52.5 Å². The van der Waals surface area contributed by atoms with E-state index in [0.717, 1.165) is 0 Å². The van der Waals surface area contributed by atoms with Crippen LogP contribution < -0.4 is 10.1 Å². The second-order valence-electron chi connectivity index (χ2n) is 6.13. The van der Waals surface area contributed by atoms with Crippen LogP contribution in [-0.2, 0) is 14.3 Å². The molecule has 3 rings (SSSR count). The maximum atomic E-state index is 12.0. The smallest absolute Gasteiger partial charge is 0.308 e. The first-order chi connectivity index (χ1) is 13.4. The molecular formula is C20H20ClNO5S. The molecule has 0 saturated carbocycles. The summed E-state index contributed by atoms with van der Waals surface area (Å²) in [4.78, 5) is 12.4. The van der Waals surface area contributed by atoms with Crippen molar-refractivity contribution in [2.75, 3.05) is 19.0 Å². The minimum absolute atomic E-state index is 0.0195. The maximum Gasteiger partial charge on any atom is 0.308 e. The zero-order valence-electron chi connectivity index (χ0n) is 15.4. The van der Waals surface area contributed by atoms with Gasteiger partial charge in [0.15, 0.2) is 11.5 Å².